The van der Waals surface area contributed by atoms with Gasteiger partial charge in [-0.2, -0.15) is 0 Å². The summed E-state index contributed by atoms with van der Waals surface area (Å²) < 4.78 is 16.0. The standard InChI is InChI=1S/C20H21NO5/c1-24-17-9-7-16(8-10-17)20(23)26-18(15-5-3-2-4-6-15)19(22)21-11-13-25-14-12-21/h2-10,18H,11-14H2,1H3/t18-/m1/s1. The van der Waals surface area contributed by atoms with Gasteiger partial charge in [0.15, 0.2) is 0 Å². The number of nitrogens with zero attached hydrogens (tertiary/aromatic N) is 1. The van der Waals surface area contributed by atoms with Gasteiger partial charge in [-0.1, -0.05) is 30.3 Å². The van der Waals surface area contributed by atoms with Gasteiger partial charge in [-0.15, -0.1) is 0 Å². The molecule has 0 aromatic heterocycles. The number of hydrogen-bond donors (Lipinski definition) is 0. The van der Waals surface area contributed by atoms with Gasteiger partial charge in [0.1, 0.15) is 5.75 Å². The van der Waals surface area contributed by atoms with E-state index in [1.807, 2.05) is 18.2 Å². The first-order valence-electron chi connectivity index (χ1n) is 8.45. The average Bonchev–Trinajstić information content (AvgIpc) is 2.72. The van der Waals surface area contributed by atoms with E-state index in [4.69, 9.17) is 14.2 Å². The van der Waals surface area contributed by atoms with Crippen LogP contribution in [0.2, 0.25) is 0 Å². The van der Waals surface area contributed by atoms with E-state index in [9.17, 15) is 9.59 Å². The Morgan fingerprint density at radius 3 is 2.27 bits per heavy atom. The van der Waals surface area contributed by atoms with Crippen LogP contribution < -0.4 is 4.74 Å². The van der Waals surface area contributed by atoms with Crippen LogP contribution in [0.5, 0.6) is 5.75 Å². The summed E-state index contributed by atoms with van der Waals surface area (Å²) >= 11 is 0. The minimum atomic E-state index is -0.982. The van der Waals surface area contributed by atoms with Crippen LogP contribution in [0.15, 0.2) is 54.6 Å². The van der Waals surface area contributed by atoms with Crippen LogP contribution in [0.3, 0.4) is 0 Å². The largest absolute Gasteiger partial charge is 0.497 e. The third-order valence-corrected chi connectivity index (χ3v) is 4.20. The number of amides is 1. The van der Waals surface area contributed by atoms with Gasteiger partial charge in [-0.3, -0.25) is 4.79 Å². The third-order valence-electron chi connectivity index (χ3n) is 4.20. The first-order valence-corrected chi connectivity index (χ1v) is 8.45. The smallest absolute Gasteiger partial charge is 0.339 e. The topological polar surface area (TPSA) is 65.1 Å². The maximum absolute atomic E-state index is 12.9. The van der Waals surface area contributed by atoms with Crippen LogP contribution in [0.4, 0.5) is 0 Å². The number of carbonyl (C=O) groups excluding carboxylic acids is 2. The molecule has 0 N–H and O–H groups in total. The Hall–Kier alpha value is -2.86. The van der Waals surface area contributed by atoms with Crippen molar-refractivity contribution in [1.82, 2.24) is 4.90 Å². The number of rotatable bonds is 5. The SMILES string of the molecule is COc1ccc(C(=O)O[C@@H](C(=O)N2CCOCC2)c2ccccc2)cc1. The van der Waals surface area contributed by atoms with Gasteiger partial charge >= 0.3 is 5.97 Å². The van der Waals surface area contributed by atoms with E-state index in [-0.39, 0.29) is 5.91 Å². The zero-order valence-corrected chi connectivity index (χ0v) is 14.6. The van der Waals surface area contributed by atoms with Crippen molar-refractivity contribution in [1.29, 1.82) is 0 Å². The molecule has 136 valence electrons. The monoisotopic (exact) mass is 355 g/mol. The molecule has 0 saturated carbocycles. The van der Waals surface area contributed by atoms with Crippen molar-refractivity contribution in [3.63, 3.8) is 0 Å². The lowest BCUT2D eigenvalue weighted by Crippen LogP contribution is -2.44. The summed E-state index contributed by atoms with van der Waals surface area (Å²) in [6, 6.07) is 15.6. The fourth-order valence-corrected chi connectivity index (χ4v) is 2.74. The van der Waals surface area contributed by atoms with Crippen molar-refractivity contribution in [3.8, 4) is 5.75 Å². The maximum Gasteiger partial charge on any atom is 0.339 e. The normalized spacial score (nSPS) is 15.2. The fourth-order valence-electron chi connectivity index (χ4n) is 2.74. The molecule has 1 aliphatic heterocycles. The molecule has 1 atom stereocenters. The van der Waals surface area contributed by atoms with Crippen molar-refractivity contribution in [3.05, 3.63) is 65.7 Å². The lowest BCUT2D eigenvalue weighted by Gasteiger charge is -2.30. The van der Waals surface area contributed by atoms with Crippen molar-refractivity contribution in [2.24, 2.45) is 0 Å². The number of esters is 1. The molecule has 3 rings (SSSR count). The van der Waals surface area contributed by atoms with Gasteiger partial charge in [0.25, 0.3) is 5.91 Å². The molecule has 1 aliphatic rings. The second kappa shape index (κ2) is 8.49. The van der Waals surface area contributed by atoms with E-state index in [0.29, 0.717) is 43.2 Å². The number of hydrogen-bond acceptors (Lipinski definition) is 5. The zero-order valence-electron chi connectivity index (χ0n) is 14.6. The summed E-state index contributed by atoms with van der Waals surface area (Å²) in [5.74, 6) is -0.143. The predicted molar refractivity (Wildman–Crippen MR) is 95.0 cm³/mol. The average molecular weight is 355 g/mol. The minimum Gasteiger partial charge on any atom is -0.497 e. The van der Waals surface area contributed by atoms with Crippen LogP contribution in [0.1, 0.15) is 22.0 Å². The molecule has 0 unspecified atom stereocenters. The van der Waals surface area contributed by atoms with E-state index >= 15 is 0 Å². The summed E-state index contributed by atoms with van der Waals surface area (Å²) in [7, 11) is 1.56. The van der Waals surface area contributed by atoms with Gasteiger partial charge in [-0.05, 0) is 24.3 Å². The number of carbonyl (C=O) groups is 2. The molecule has 0 radical (unpaired) electrons. The summed E-state index contributed by atoms with van der Waals surface area (Å²) in [5.41, 5.74) is 1.01. The highest BCUT2D eigenvalue weighted by Crippen LogP contribution is 2.23. The zero-order chi connectivity index (χ0) is 18.4. The molecule has 1 heterocycles. The van der Waals surface area contributed by atoms with Gasteiger partial charge in [0.2, 0.25) is 6.10 Å². The van der Waals surface area contributed by atoms with E-state index < -0.39 is 12.1 Å². The quantitative estimate of drug-likeness (QED) is 0.771. The first kappa shape index (κ1) is 17.9. The molecule has 1 fully saturated rings. The number of benzene rings is 2. The van der Waals surface area contributed by atoms with Gasteiger partial charge < -0.3 is 19.1 Å². The van der Waals surface area contributed by atoms with Crippen LogP contribution >= 0.6 is 0 Å². The van der Waals surface area contributed by atoms with Crippen LogP contribution in [-0.2, 0) is 14.3 Å². The van der Waals surface area contributed by atoms with E-state index in [0.717, 1.165) is 0 Å². The Morgan fingerprint density at radius 2 is 1.65 bits per heavy atom. The molecule has 26 heavy (non-hydrogen) atoms. The van der Waals surface area contributed by atoms with Gasteiger partial charge in [0.05, 0.1) is 25.9 Å². The number of morpholine rings is 1. The summed E-state index contributed by atoms with van der Waals surface area (Å²) in [4.78, 5) is 27.2. The molecule has 2 aromatic rings. The molecule has 0 spiro atoms. The highest BCUT2D eigenvalue weighted by atomic mass is 16.5. The Bertz CT molecular complexity index is 739. The predicted octanol–water partition coefficient (Wildman–Crippen LogP) is 2.45. The Morgan fingerprint density at radius 1 is 1.00 bits per heavy atom. The Balaban J connectivity index is 1.80. The number of ether oxygens (including phenoxy) is 3. The number of methoxy groups -OCH3 is 1. The van der Waals surface area contributed by atoms with Crippen molar-refractivity contribution < 1.29 is 23.8 Å². The van der Waals surface area contributed by atoms with Gasteiger partial charge in [0, 0.05) is 18.7 Å². The summed E-state index contributed by atoms with van der Waals surface area (Å²) in [6.45, 7) is 1.95. The molecular weight excluding hydrogens is 334 g/mol. The van der Waals surface area contributed by atoms with Crippen molar-refractivity contribution >= 4 is 11.9 Å². The lowest BCUT2D eigenvalue weighted by molar-refractivity contribution is -0.145. The summed E-state index contributed by atoms with van der Waals surface area (Å²) in [6.07, 6.45) is -0.982. The van der Waals surface area contributed by atoms with Crippen molar-refractivity contribution in [2.75, 3.05) is 33.4 Å². The van der Waals surface area contributed by atoms with Crippen LogP contribution in [0.25, 0.3) is 0 Å². The molecule has 0 aliphatic carbocycles. The lowest BCUT2D eigenvalue weighted by atomic mass is 10.1. The van der Waals surface area contributed by atoms with Crippen LogP contribution in [-0.4, -0.2) is 50.2 Å². The molecule has 2 aromatic carbocycles. The molecule has 0 bridgehead atoms. The van der Waals surface area contributed by atoms with E-state index in [1.54, 1.807) is 48.4 Å². The first-order chi connectivity index (χ1) is 12.7. The minimum absolute atomic E-state index is 0.235. The highest BCUT2D eigenvalue weighted by Gasteiger charge is 2.30. The second-order valence-corrected chi connectivity index (χ2v) is 5.86. The Kier molecular flexibility index (Phi) is 5.86. The van der Waals surface area contributed by atoms with E-state index in [2.05, 4.69) is 0 Å². The summed E-state index contributed by atoms with van der Waals surface area (Å²) in [5, 5.41) is 0. The second-order valence-electron chi connectivity index (χ2n) is 5.86. The molecule has 6 nitrogen and oxygen atoms in total. The molecule has 6 heteroatoms. The molecular formula is C20H21NO5. The fraction of sp³-hybridized carbons (Fsp3) is 0.300. The van der Waals surface area contributed by atoms with E-state index in [1.165, 1.54) is 0 Å². The van der Waals surface area contributed by atoms with Crippen LogP contribution in [0, 0.1) is 0 Å². The Labute approximate surface area is 152 Å². The van der Waals surface area contributed by atoms with Crippen molar-refractivity contribution in [2.45, 2.75) is 6.10 Å². The molecule has 1 amide bonds. The maximum atomic E-state index is 12.9. The van der Waals surface area contributed by atoms with Gasteiger partial charge in [-0.25, -0.2) is 4.79 Å². The third kappa shape index (κ3) is 4.21. The highest BCUT2D eigenvalue weighted by molar-refractivity contribution is 5.92. The molecule has 1 saturated heterocycles.